The van der Waals surface area contributed by atoms with E-state index in [-0.39, 0.29) is 23.4 Å². The molecule has 3 rings (SSSR count). The van der Waals surface area contributed by atoms with E-state index in [0.717, 1.165) is 11.3 Å². The van der Waals surface area contributed by atoms with E-state index in [4.69, 9.17) is 23.2 Å². The first kappa shape index (κ1) is 17.6. The van der Waals surface area contributed by atoms with Crippen LogP contribution in [0.5, 0.6) is 0 Å². The Balaban J connectivity index is 1.62. The van der Waals surface area contributed by atoms with Crippen molar-refractivity contribution in [2.75, 3.05) is 16.8 Å². The maximum Gasteiger partial charge on any atom is 0.319 e. The second kappa shape index (κ2) is 7.33. The Morgan fingerprint density at radius 1 is 1.16 bits per heavy atom. The van der Waals surface area contributed by atoms with Crippen molar-refractivity contribution in [3.05, 3.63) is 58.1 Å². The van der Waals surface area contributed by atoms with Crippen molar-refractivity contribution in [1.29, 1.82) is 0 Å². The average Bonchev–Trinajstić information content (AvgIpc) is 2.93. The number of anilines is 2. The largest absolute Gasteiger partial charge is 0.333 e. The van der Waals surface area contributed by atoms with Crippen LogP contribution in [0.1, 0.15) is 12.0 Å². The van der Waals surface area contributed by atoms with Crippen molar-refractivity contribution in [3.8, 4) is 0 Å². The van der Waals surface area contributed by atoms with Gasteiger partial charge < -0.3 is 15.5 Å². The third-order valence-electron chi connectivity index (χ3n) is 4.01. The number of carbonyl (C=O) groups is 2. The molecule has 0 radical (unpaired) electrons. The summed E-state index contributed by atoms with van der Waals surface area (Å²) in [5.41, 5.74) is 2.38. The Hall–Kier alpha value is -2.24. The zero-order valence-corrected chi connectivity index (χ0v) is 15.1. The molecule has 1 atom stereocenters. The molecule has 0 aliphatic carbocycles. The highest BCUT2D eigenvalue weighted by molar-refractivity contribution is 6.43. The van der Waals surface area contributed by atoms with Crippen molar-refractivity contribution >= 4 is 46.5 Å². The summed E-state index contributed by atoms with van der Waals surface area (Å²) in [4.78, 5) is 26.1. The number of aryl methyl sites for hydroxylation is 1. The molecule has 0 unspecified atom stereocenters. The van der Waals surface area contributed by atoms with Gasteiger partial charge in [0.2, 0.25) is 5.91 Å². The van der Waals surface area contributed by atoms with Gasteiger partial charge in [-0.3, -0.25) is 4.79 Å². The Labute approximate surface area is 155 Å². The smallest absolute Gasteiger partial charge is 0.319 e. The van der Waals surface area contributed by atoms with Gasteiger partial charge in [0.15, 0.2) is 0 Å². The zero-order chi connectivity index (χ0) is 18.0. The van der Waals surface area contributed by atoms with Gasteiger partial charge in [-0.25, -0.2) is 4.79 Å². The van der Waals surface area contributed by atoms with Crippen LogP contribution in [0.25, 0.3) is 0 Å². The highest BCUT2D eigenvalue weighted by atomic mass is 35.5. The van der Waals surface area contributed by atoms with Crippen LogP contribution in [0.3, 0.4) is 0 Å². The highest BCUT2D eigenvalue weighted by Gasteiger charge is 2.31. The fourth-order valence-electron chi connectivity index (χ4n) is 2.72. The molecule has 0 spiro atoms. The van der Waals surface area contributed by atoms with E-state index in [1.165, 1.54) is 0 Å². The predicted octanol–water partition coefficient (Wildman–Crippen LogP) is 4.23. The lowest BCUT2D eigenvalue weighted by Gasteiger charge is -2.18. The molecule has 2 N–H and O–H groups in total. The number of hydrogen-bond acceptors (Lipinski definition) is 2. The van der Waals surface area contributed by atoms with Crippen molar-refractivity contribution in [2.24, 2.45) is 0 Å². The minimum absolute atomic E-state index is 0.0186. The van der Waals surface area contributed by atoms with Crippen LogP contribution in [-0.4, -0.2) is 24.5 Å². The number of benzene rings is 2. The van der Waals surface area contributed by atoms with Crippen LogP contribution in [0, 0.1) is 6.92 Å². The summed E-state index contributed by atoms with van der Waals surface area (Å²) in [5.74, 6) is -0.0186. The lowest BCUT2D eigenvalue weighted by atomic mass is 10.2. The molecule has 3 amide bonds. The van der Waals surface area contributed by atoms with Crippen molar-refractivity contribution in [1.82, 2.24) is 5.32 Å². The monoisotopic (exact) mass is 377 g/mol. The first-order chi connectivity index (χ1) is 11.9. The van der Waals surface area contributed by atoms with Gasteiger partial charge in [-0.05, 0) is 31.2 Å². The summed E-state index contributed by atoms with van der Waals surface area (Å²) in [7, 11) is 0. The molecule has 0 aromatic heterocycles. The van der Waals surface area contributed by atoms with Gasteiger partial charge >= 0.3 is 6.03 Å². The molecule has 1 heterocycles. The SMILES string of the molecule is Cc1ccc(N2C[C@H](NC(=O)Nc3cccc(Cl)c3Cl)CC2=O)cc1. The van der Waals surface area contributed by atoms with Crippen molar-refractivity contribution < 1.29 is 9.59 Å². The van der Waals surface area contributed by atoms with Gasteiger partial charge in [0.05, 0.1) is 21.8 Å². The van der Waals surface area contributed by atoms with E-state index in [0.29, 0.717) is 17.3 Å². The molecule has 5 nitrogen and oxygen atoms in total. The van der Waals surface area contributed by atoms with Crippen molar-refractivity contribution in [3.63, 3.8) is 0 Å². The average molecular weight is 378 g/mol. The van der Waals surface area contributed by atoms with Gasteiger partial charge in [0.25, 0.3) is 0 Å². The second-order valence-electron chi connectivity index (χ2n) is 5.94. The first-order valence-corrected chi connectivity index (χ1v) is 8.58. The second-order valence-corrected chi connectivity index (χ2v) is 6.73. The van der Waals surface area contributed by atoms with Crippen LogP contribution in [-0.2, 0) is 4.79 Å². The number of nitrogens with zero attached hydrogens (tertiary/aromatic N) is 1. The minimum Gasteiger partial charge on any atom is -0.333 e. The van der Waals surface area contributed by atoms with Crippen LogP contribution in [0.2, 0.25) is 10.0 Å². The van der Waals surface area contributed by atoms with Crippen LogP contribution >= 0.6 is 23.2 Å². The molecule has 25 heavy (non-hydrogen) atoms. The van der Waals surface area contributed by atoms with Gasteiger partial charge in [0, 0.05) is 18.7 Å². The fraction of sp³-hybridized carbons (Fsp3) is 0.222. The molecule has 2 aromatic rings. The standard InChI is InChI=1S/C18H17Cl2N3O2/c1-11-5-7-13(8-6-11)23-10-12(9-16(23)24)21-18(25)22-15-4-2-3-14(19)17(15)20/h2-8,12H,9-10H2,1H3,(H2,21,22,25)/t12-/m1/s1. The highest BCUT2D eigenvalue weighted by Crippen LogP contribution is 2.29. The summed E-state index contributed by atoms with van der Waals surface area (Å²) in [6, 6.07) is 12.0. The number of carbonyl (C=O) groups excluding carboxylic acids is 2. The molecular formula is C18H17Cl2N3O2. The number of amides is 3. The van der Waals surface area contributed by atoms with Crippen LogP contribution in [0.15, 0.2) is 42.5 Å². The molecule has 1 fully saturated rings. The molecule has 130 valence electrons. The maximum atomic E-state index is 12.2. The van der Waals surface area contributed by atoms with Crippen LogP contribution in [0.4, 0.5) is 16.2 Å². The summed E-state index contributed by atoms with van der Waals surface area (Å²) in [6.45, 7) is 2.42. The van der Waals surface area contributed by atoms with Gasteiger partial charge in [-0.2, -0.15) is 0 Å². The van der Waals surface area contributed by atoms with Crippen LogP contribution < -0.4 is 15.5 Å². The summed E-state index contributed by atoms with van der Waals surface area (Å²) >= 11 is 12.0. The zero-order valence-electron chi connectivity index (χ0n) is 13.6. The fourth-order valence-corrected chi connectivity index (χ4v) is 3.07. The van der Waals surface area contributed by atoms with E-state index in [2.05, 4.69) is 10.6 Å². The lowest BCUT2D eigenvalue weighted by molar-refractivity contribution is -0.117. The first-order valence-electron chi connectivity index (χ1n) is 7.82. The minimum atomic E-state index is -0.423. The molecule has 1 aliphatic heterocycles. The molecule has 0 bridgehead atoms. The van der Waals surface area contributed by atoms with E-state index in [9.17, 15) is 9.59 Å². The Morgan fingerprint density at radius 2 is 1.88 bits per heavy atom. The Bertz CT molecular complexity index is 808. The number of nitrogens with one attached hydrogen (secondary N) is 2. The molecular weight excluding hydrogens is 361 g/mol. The lowest BCUT2D eigenvalue weighted by Crippen LogP contribution is -2.39. The molecule has 1 aliphatic rings. The summed E-state index contributed by atoms with van der Waals surface area (Å²) in [5, 5.41) is 6.10. The van der Waals surface area contributed by atoms with E-state index < -0.39 is 6.03 Å². The van der Waals surface area contributed by atoms with E-state index in [1.54, 1.807) is 23.1 Å². The molecule has 2 aromatic carbocycles. The van der Waals surface area contributed by atoms with E-state index in [1.807, 2.05) is 31.2 Å². The number of urea groups is 1. The maximum absolute atomic E-state index is 12.2. The Kier molecular flexibility index (Phi) is 5.16. The third-order valence-corrected chi connectivity index (χ3v) is 4.82. The number of hydrogen-bond donors (Lipinski definition) is 2. The molecule has 7 heteroatoms. The Morgan fingerprint density at radius 3 is 2.60 bits per heavy atom. The predicted molar refractivity (Wildman–Crippen MR) is 101 cm³/mol. The van der Waals surface area contributed by atoms with E-state index >= 15 is 0 Å². The van der Waals surface area contributed by atoms with Crippen molar-refractivity contribution in [2.45, 2.75) is 19.4 Å². The number of rotatable bonds is 3. The van der Waals surface area contributed by atoms with Gasteiger partial charge in [-0.15, -0.1) is 0 Å². The summed E-state index contributed by atoms with van der Waals surface area (Å²) < 4.78 is 0. The number of halogens is 2. The summed E-state index contributed by atoms with van der Waals surface area (Å²) in [6.07, 6.45) is 0.255. The van der Waals surface area contributed by atoms with Gasteiger partial charge in [-0.1, -0.05) is 47.0 Å². The normalized spacial score (nSPS) is 16.8. The van der Waals surface area contributed by atoms with Gasteiger partial charge in [0.1, 0.15) is 0 Å². The molecule has 0 saturated carbocycles. The third kappa shape index (κ3) is 4.06. The quantitative estimate of drug-likeness (QED) is 0.840. The topological polar surface area (TPSA) is 61.4 Å². The molecule has 1 saturated heterocycles.